The summed E-state index contributed by atoms with van der Waals surface area (Å²) in [5.74, 6) is 0.478. The molecule has 2 aromatic rings. The Bertz CT molecular complexity index is 828. The van der Waals surface area contributed by atoms with Gasteiger partial charge in [0, 0.05) is 31.0 Å². The number of carbonyl (C=O) groups is 1. The van der Waals surface area contributed by atoms with Crippen LogP contribution in [-0.2, 0) is 4.79 Å². The zero-order valence-corrected chi connectivity index (χ0v) is 16.6. The third-order valence-corrected chi connectivity index (χ3v) is 4.89. The molecule has 1 N–H and O–H groups in total. The van der Waals surface area contributed by atoms with E-state index in [1.54, 1.807) is 6.20 Å². The Morgan fingerprint density at radius 1 is 1.45 bits per heavy atom. The number of likely N-dealkylation sites (N-methyl/N-ethyl adjacent to an activating group) is 1. The third-order valence-electron chi connectivity index (χ3n) is 4.60. The summed E-state index contributed by atoms with van der Waals surface area (Å²) >= 11 is 5.91. The summed E-state index contributed by atoms with van der Waals surface area (Å²) in [7, 11) is 1.87. The zero-order valence-electron chi connectivity index (χ0n) is 15.9. The summed E-state index contributed by atoms with van der Waals surface area (Å²) in [6.45, 7) is -1.17. The van der Waals surface area contributed by atoms with Crippen molar-refractivity contribution < 1.29 is 18.3 Å². The average molecular weight is 426 g/mol. The van der Waals surface area contributed by atoms with Gasteiger partial charge in [-0.2, -0.15) is 13.9 Å². The number of alkyl halides is 2. The van der Waals surface area contributed by atoms with E-state index in [1.807, 2.05) is 24.1 Å². The van der Waals surface area contributed by atoms with Crippen molar-refractivity contribution in [1.29, 1.82) is 0 Å². The molecular weight excluding hydrogens is 404 g/mol. The van der Waals surface area contributed by atoms with Crippen LogP contribution < -0.4 is 15.0 Å². The largest absolute Gasteiger partial charge is 0.433 e. The van der Waals surface area contributed by atoms with Crippen molar-refractivity contribution in [3.8, 4) is 5.75 Å². The highest BCUT2D eigenvalue weighted by molar-refractivity contribution is 6.32. The molecule has 0 saturated carbocycles. The smallest absolute Gasteiger partial charge is 0.387 e. The Kier molecular flexibility index (Phi) is 7.16. The van der Waals surface area contributed by atoms with Gasteiger partial charge >= 0.3 is 6.61 Å². The van der Waals surface area contributed by atoms with Gasteiger partial charge in [-0.3, -0.25) is 9.69 Å². The van der Waals surface area contributed by atoms with Gasteiger partial charge in [-0.15, -0.1) is 5.10 Å². The molecule has 3 rings (SSSR count). The van der Waals surface area contributed by atoms with E-state index in [0.29, 0.717) is 12.2 Å². The standard InChI is InChI=1S/C19H22ClF2N5O2/c1-26(11-14-4-3-9-27(14)17-5-2-8-23-25-17)12-18(28)24-13-6-7-16(15(20)10-13)29-19(21)22/h2,5-8,10,14,19H,3-4,9,11-12H2,1H3,(H,24,28). The van der Waals surface area contributed by atoms with Gasteiger partial charge in [0.2, 0.25) is 5.91 Å². The number of hydrogen-bond acceptors (Lipinski definition) is 6. The number of amides is 1. The van der Waals surface area contributed by atoms with Crippen LogP contribution in [0.4, 0.5) is 20.3 Å². The lowest BCUT2D eigenvalue weighted by Gasteiger charge is -2.28. The van der Waals surface area contributed by atoms with Gasteiger partial charge in [0.1, 0.15) is 5.75 Å². The lowest BCUT2D eigenvalue weighted by Crippen LogP contribution is -2.42. The summed E-state index contributed by atoms with van der Waals surface area (Å²) in [6.07, 6.45) is 3.72. The zero-order chi connectivity index (χ0) is 20.8. The number of carbonyl (C=O) groups excluding carboxylic acids is 1. The number of rotatable bonds is 8. The molecule has 1 aliphatic heterocycles. The van der Waals surface area contributed by atoms with Gasteiger partial charge in [0.15, 0.2) is 5.82 Å². The number of aromatic nitrogens is 2. The molecule has 1 atom stereocenters. The highest BCUT2D eigenvalue weighted by Crippen LogP contribution is 2.29. The first-order valence-corrected chi connectivity index (χ1v) is 9.57. The van der Waals surface area contributed by atoms with Crippen LogP contribution >= 0.6 is 11.6 Å². The lowest BCUT2D eigenvalue weighted by molar-refractivity contribution is -0.117. The Labute approximate surface area is 172 Å². The maximum Gasteiger partial charge on any atom is 0.387 e. The second kappa shape index (κ2) is 9.80. The minimum atomic E-state index is -2.96. The van der Waals surface area contributed by atoms with Crippen LogP contribution in [0, 0.1) is 0 Å². The molecule has 0 radical (unpaired) electrons. The second-order valence-electron chi connectivity index (χ2n) is 6.84. The summed E-state index contributed by atoms with van der Waals surface area (Å²) < 4.78 is 28.9. The number of nitrogens with zero attached hydrogens (tertiary/aromatic N) is 4. The third kappa shape index (κ3) is 5.98. The number of anilines is 2. The summed E-state index contributed by atoms with van der Waals surface area (Å²) in [6, 6.07) is 8.19. The molecule has 1 aromatic heterocycles. The SMILES string of the molecule is CN(CC(=O)Nc1ccc(OC(F)F)c(Cl)c1)CC1CCCN1c1cccnn1. The first kappa shape index (κ1) is 21.2. The van der Waals surface area contributed by atoms with Crippen LogP contribution in [0.2, 0.25) is 5.02 Å². The number of nitrogens with one attached hydrogen (secondary N) is 1. The fraction of sp³-hybridized carbons (Fsp3) is 0.421. The van der Waals surface area contributed by atoms with Gasteiger partial charge < -0.3 is 15.0 Å². The Balaban J connectivity index is 1.52. The van der Waals surface area contributed by atoms with E-state index >= 15 is 0 Å². The van der Waals surface area contributed by atoms with Gasteiger partial charge in [0.25, 0.3) is 0 Å². The average Bonchev–Trinajstić information content (AvgIpc) is 3.12. The van der Waals surface area contributed by atoms with Crippen LogP contribution in [0.1, 0.15) is 12.8 Å². The van der Waals surface area contributed by atoms with Crippen LogP contribution in [0.5, 0.6) is 5.75 Å². The highest BCUT2D eigenvalue weighted by atomic mass is 35.5. The molecular formula is C19H22ClF2N5O2. The minimum Gasteiger partial charge on any atom is -0.433 e. The molecule has 156 valence electrons. The van der Waals surface area contributed by atoms with Crippen molar-refractivity contribution in [2.75, 3.05) is 36.9 Å². The predicted octanol–water partition coefficient (Wildman–Crippen LogP) is 3.27. The fourth-order valence-corrected chi connectivity index (χ4v) is 3.64. The fourth-order valence-electron chi connectivity index (χ4n) is 3.41. The van der Waals surface area contributed by atoms with Crippen LogP contribution in [-0.4, -0.2) is 60.3 Å². The van der Waals surface area contributed by atoms with Gasteiger partial charge in [-0.1, -0.05) is 11.6 Å². The van der Waals surface area contributed by atoms with E-state index in [-0.39, 0.29) is 29.3 Å². The van der Waals surface area contributed by atoms with Crippen molar-refractivity contribution in [3.63, 3.8) is 0 Å². The van der Waals surface area contributed by atoms with E-state index in [0.717, 1.165) is 25.2 Å². The molecule has 1 fully saturated rings. The molecule has 2 heterocycles. The number of ether oxygens (including phenoxy) is 1. The first-order chi connectivity index (χ1) is 13.9. The topological polar surface area (TPSA) is 70.6 Å². The van der Waals surface area contributed by atoms with Crippen molar-refractivity contribution in [1.82, 2.24) is 15.1 Å². The van der Waals surface area contributed by atoms with Gasteiger partial charge in [0.05, 0.1) is 11.6 Å². The molecule has 1 aliphatic rings. The Morgan fingerprint density at radius 3 is 2.97 bits per heavy atom. The van der Waals surface area contributed by atoms with Crippen LogP contribution in [0.25, 0.3) is 0 Å². The molecule has 1 unspecified atom stereocenters. The summed E-state index contributed by atoms with van der Waals surface area (Å²) in [5, 5.41) is 10.8. The van der Waals surface area contributed by atoms with Crippen LogP contribution in [0.15, 0.2) is 36.5 Å². The maximum absolute atomic E-state index is 12.3. The molecule has 1 amide bonds. The molecule has 0 aliphatic carbocycles. The van der Waals surface area contributed by atoms with Crippen molar-refractivity contribution >= 4 is 29.0 Å². The number of hydrogen-bond donors (Lipinski definition) is 1. The first-order valence-electron chi connectivity index (χ1n) is 9.19. The highest BCUT2D eigenvalue weighted by Gasteiger charge is 2.27. The number of halogens is 3. The molecule has 29 heavy (non-hydrogen) atoms. The molecule has 7 nitrogen and oxygen atoms in total. The normalized spacial score (nSPS) is 16.5. The minimum absolute atomic E-state index is 0.00187. The predicted molar refractivity (Wildman–Crippen MR) is 107 cm³/mol. The summed E-state index contributed by atoms with van der Waals surface area (Å²) in [4.78, 5) is 16.5. The quantitative estimate of drug-likeness (QED) is 0.700. The summed E-state index contributed by atoms with van der Waals surface area (Å²) in [5.41, 5.74) is 0.414. The van der Waals surface area contributed by atoms with Gasteiger partial charge in [-0.05, 0) is 50.2 Å². The molecule has 0 bridgehead atoms. The molecule has 1 saturated heterocycles. The molecule has 1 aromatic carbocycles. The Morgan fingerprint density at radius 2 is 2.28 bits per heavy atom. The van der Waals surface area contributed by atoms with Crippen molar-refractivity contribution in [3.05, 3.63) is 41.6 Å². The molecule has 10 heteroatoms. The number of benzene rings is 1. The van der Waals surface area contributed by atoms with Crippen molar-refractivity contribution in [2.45, 2.75) is 25.5 Å². The lowest BCUT2D eigenvalue weighted by atomic mass is 10.2. The van der Waals surface area contributed by atoms with E-state index in [9.17, 15) is 13.6 Å². The van der Waals surface area contributed by atoms with E-state index < -0.39 is 6.61 Å². The van der Waals surface area contributed by atoms with E-state index in [4.69, 9.17) is 11.6 Å². The Hall–Kier alpha value is -2.52. The van der Waals surface area contributed by atoms with Crippen molar-refractivity contribution in [2.24, 2.45) is 0 Å². The molecule has 0 spiro atoms. The van der Waals surface area contributed by atoms with Gasteiger partial charge in [-0.25, -0.2) is 0 Å². The maximum atomic E-state index is 12.3. The van der Waals surface area contributed by atoms with E-state index in [2.05, 4.69) is 25.2 Å². The monoisotopic (exact) mass is 425 g/mol. The van der Waals surface area contributed by atoms with E-state index in [1.165, 1.54) is 18.2 Å². The second-order valence-corrected chi connectivity index (χ2v) is 7.25. The van der Waals surface area contributed by atoms with Crippen LogP contribution in [0.3, 0.4) is 0 Å².